The van der Waals surface area contributed by atoms with E-state index in [4.69, 9.17) is 5.73 Å². The van der Waals surface area contributed by atoms with E-state index in [0.29, 0.717) is 24.8 Å². The smallest absolute Gasteiger partial charge is 0.147 e. The van der Waals surface area contributed by atoms with Crippen LogP contribution in [0.5, 0.6) is 0 Å². The van der Waals surface area contributed by atoms with Crippen LogP contribution in [0.15, 0.2) is 42.9 Å². The van der Waals surface area contributed by atoms with Crippen LogP contribution in [-0.4, -0.2) is 34.4 Å². The van der Waals surface area contributed by atoms with Gasteiger partial charge < -0.3 is 16.0 Å². The molecule has 3 aromatic rings. The van der Waals surface area contributed by atoms with E-state index < -0.39 is 0 Å². The van der Waals surface area contributed by atoms with E-state index in [-0.39, 0.29) is 5.82 Å². The van der Waals surface area contributed by atoms with Crippen molar-refractivity contribution >= 4 is 11.5 Å². The SMILES string of the molecule is Nc1ncc(-c2cnn(C3CCNCC3)c2)cc1N1CCc2c(F)cccc2C1. The van der Waals surface area contributed by atoms with Gasteiger partial charge in [0.05, 0.1) is 17.9 Å². The third-order valence-corrected chi connectivity index (χ3v) is 6.06. The summed E-state index contributed by atoms with van der Waals surface area (Å²) >= 11 is 0. The fraction of sp³-hybridized carbons (Fsp3) is 0.364. The van der Waals surface area contributed by atoms with Crippen LogP contribution in [0.4, 0.5) is 15.9 Å². The number of fused-ring (bicyclic) bond motifs is 1. The number of nitrogens with two attached hydrogens (primary N) is 1. The number of nitrogens with one attached hydrogen (secondary N) is 1. The van der Waals surface area contributed by atoms with Crippen LogP contribution in [0.25, 0.3) is 11.1 Å². The fourth-order valence-corrected chi connectivity index (χ4v) is 4.40. The first-order valence-corrected chi connectivity index (χ1v) is 10.2. The molecule has 0 radical (unpaired) electrons. The largest absolute Gasteiger partial charge is 0.382 e. The Balaban J connectivity index is 1.42. The lowest BCUT2D eigenvalue weighted by molar-refractivity contribution is 0.343. The first-order chi connectivity index (χ1) is 14.2. The van der Waals surface area contributed by atoms with Crippen molar-refractivity contribution in [1.82, 2.24) is 20.1 Å². The molecule has 7 heteroatoms. The van der Waals surface area contributed by atoms with Crippen LogP contribution in [-0.2, 0) is 13.0 Å². The van der Waals surface area contributed by atoms with Crippen LogP contribution in [0.1, 0.15) is 30.0 Å². The molecule has 2 aliphatic rings. The van der Waals surface area contributed by atoms with E-state index in [1.54, 1.807) is 12.3 Å². The minimum Gasteiger partial charge on any atom is -0.382 e. The first-order valence-electron chi connectivity index (χ1n) is 10.2. The number of nitrogen functional groups attached to an aromatic ring is 1. The molecule has 6 nitrogen and oxygen atoms in total. The molecule has 0 atom stereocenters. The van der Waals surface area contributed by atoms with Gasteiger partial charge in [0, 0.05) is 36.6 Å². The van der Waals surface area contributed by atoms with E-state index in [1.165, 1.54) is 6.07 Å². The van der Waals surface area contributed by atoms with E-state index in [2.05, 4.69) is 37.2 Å². The van der Waals surface area contributed by atoms with Crippen molar-refractivity contribution in [3.05, 3.63) is 59.8 Å². The van der Waals surface area contributed by atoms with Crippen molar-refractivity contribution in [2.45, 2.75) is 31.8 Å². The van der Waals surface area contributed by atoms with E-state index in [9.17, 15) is 4.39 Å². The Morgan fingerprint density at radius 3 is 2.86 bits per heavy atom. The summed E-state index contributed by atoms with van der Waals surface area (Å²) in [5.41, 5.74) is 11.0. The van der Waals surface area contributed by atoms with Gasteiger partial charge in [-0.2, -0.15) is 5.10 Å². The monoisotopic (exact) mass is 392 g/mol. The number of rotatable bonds is 3. The second-order valence-corrected chi connectivity index (χ2v) is 7.87. The predicted molar refractivity (Wildman–Crippen MR) is 112 cm³/mol. The quantitative estimate of drug-likeness (QED) is 0.716. The topological polar surface area (TPSA) is 72.0 Å². The third kappa shape index (κ3) is 3.46. The van der Waals surface area contributed by atoms with Gasteiger partial charge in [0.2, 0.25) is 0 Å². The molecule has 150 valence electrons. The molecule has 29 heavy (non-hydrogen) atoms. The van der Waals surface area contributed by atoms with Crippen LogP contribution < -0.4 is 16.0 Å². The van der Waals surface area contributed by atoms with Crippen molar-refractivity contribution in [2.24, 2.45) is 0 Å². The maximum Gasteiger partial charge on any atom is 0.147 e. The minimum absolute atomic E-state index is 0.118. The lowest BCUT2D eigenvalue weighted by Crippen LogP contribution is -2.31. The second-order valence-electron chi connectivity index (χ2n) is 7.87. The van der Waals surface area contributed by atoms with Gasteiger partial charge in [-0.1, -0.05) is 12.1 Å². The Labute approximate surface area is 169 Å². The number of hydrogen-bond donors (Lipinski definition) is 2. The van der Waals surface area contributed by atoms with Crippen molar-refractivity contribution in [1.29, 1.82) is 0 Å². The molecule has 3 N–H and O–H groups in total. The molecular weight excluding hydrogens is 367 g/mol. The third-order valence-electron chi connectivity index (χ3n) is 6.06. The van der Waals surface area contributed by atoms with Gasteiger partial charge in [-0.05, 0) is 55.6 Å². The van der Waals surface area contributed by atoms with E-state index in [1.807, 2.05) is 12.3 Å². The molecule has 2 aromatic heterocycles. The number of pyridine rings is 1. The summed E-state index contributed by atoms with van der Waals surface area (Å²) in [6, 6.07) is 7.81. The summed E-state index contributed by atoms with van der Waals surface area (Å²) < 4.78 is 16.1. The molecule has 0 saturated carbocycles. The van der Waals surface area contributed by atoms with Gasteiger partial charge in [0.15, 0.2) is 0 Å². The summed E-state index contributed by atoms with van der Waals surface area (Å²) in [6.07, 6.45) is 8.67. The van der Waals surface area contributed by atoms with Crippen LogP contribution in [0.3, 0.4) is 0 Å². The summed E-state index contributed by atoms with van der Waals surface area (Å²) in [5, 5.41) is 7.98. The summed E-state index contributed by atoms with van der Waals surface area (Å²) in [5.74, 6) is 0.381. The number of halogens is 1. The van der Waals surface area contributed by atoms with Crippen LogP contribution >= 0.6 is 0 Å². The molecular formula is C22H25FN6. The number of aromatic nitrogens is 3. The number of piperidine rings is 1. The maximum absolute atomic E-state index is 14.1. The molecule has 1 saturated heterocycles. The Morgan fingerprint density at radius 2 is 2.00 bits per heavy atom. The maximum atomic E-state index is 14.1. The van der Waals surface area contributed by atoms with Crippen LogP contribution in [0.2, 0.25) is 0 Å². The minimum atomic E-state index is -0.118. The summed E-state index contributed by atoms with van der Waals surface area (Å²) in [6.45, 7) is 3.42. The molecule has 1 fully saturated rings. The predicted octanol–water partition coefficient (Wildman–Crippen LogP) is 3.15. The van der Waals surface area contributed by atoms with Gasteiger partial charge in [0.1, 0.15) is 11.6 Å². The molecule has 0 amide bonds. The highest BCUT2D eigenvalue weighted by molar-refractivity contribution is 5.73. The van der Waals surface area contributed by atoms with E-state index in [0.717, 1.165) is 60.4 Å². The van der Waals surface area contributed by atoms with Crippen molar-refractivity contribution in [3.63, 3.8) is 0 Å². The lowest BCUT2D eigenvalue weighted by Gasteiger charge is -2.31. The second kappa shape index (κ2) is 7.48. The first kappa shape index (κ1) is 18.1. The summed E-state index contributed by atoms with van der Waals surface area (Å²) in [7, 11) is 0. The molecule has 1 aromatic carbocycles. The number of nitrogens with zero attached hydrogens (tertiary/aromatic N) is 4. The van der Waals surface area contributed by atoms with Gasteiger partial charge >= 0.3 is 0 Å². The zero-order valence-corrected chi connectivity index (χ0v) is 16.3. The average Bonchev–Trinajstić information content (AvgIpc) is 3.25. The Bertz CT molecular complexity index is 1020. The zero-order valence-electron chi connectivity index (χ0n) is 16.3. The molecule has 5 rings (SSSR count). The average molecular weight is 392 g/mol. The van der Waals surface area contributed by atoms with E-state index >= 15 is 0 Å². The Hall–Kier alpha value is -2.93. The van der Waals surface area contributed by atoms with Gasteiger partial charge in [-0.25, -0.2) is 9.37 Å². The highest BCUT2D eigenvalue weighted by Gasteiger charge is 2.22. The van der Waals surface area contributed by atoms with Crippen LogP contribution in [0, 0.1) is 5.82 Å². The van der Waals surface area contributed by atoms with Crippen molar-refractivity contribution in [2.75, 3.05) is 30.3 Å². The Kier molecular flexibility index (Phi) is 4.67. The molecule has 0 bridgehead atoms. The number of anilines is 2. The molecule has 2 aliphatic heterocycles. The van der Waals surface area contributed by atoms with Gasteiger partial charge in [0.25, 0.3) is 0 Å². The zero-order chi connectivity index (χ0) is 19.8. The van der Waals surface area contributed by atoms with Crippen molar-refractivity contribution in [3.8, 4) is 11.1 Å². The summed E-state index contributed by atoms with van der Waals surface area (Å²) in [4.78, 5) is 6.63. The van der Waals surface area contributed by atoms with Gasteiger partial charge in [-0.15, -0.1) is 0 Å². The lowest BCUT2D eigenvalue weighted by atomic mass is 9.98. The highest BCUT2D eigenvalue weighted by Crippen LogP contribution is 2.32. The normalized spacial score (nSPS) is 17.3. The number of benzene rings is 1. The molecule has 0 spiro atoms. The van der Waals surface area contributed by atoms with Gasteiger partial charge in [-0.3, -0.25) is 4.68 Å². The number of hydrogen-bond acceptors (Lipinski definition) is 5. The molecule has 4 heterocycles. The Morgan fingerprint density at radius 1 is 1.14 bits per heavy atom. The standard InChI is InChI=1S/C22H25FN6/c23-20-3-1-2-15-13-28(9-6-19(15)20)21-10-16(11-26-22(21)24)17-12-27-29(14-17)18-4-7-25-8-5-18/h1-3,10-12,14,18,25H,4-9,13H2,(H2,24,26). The molecule has 0 unspecified atom stereocenters. The molecule has 0 aliphatic carbocycles. The highest BCUT2D eigenvalue weighted by atomic mass is 19.1. The fourth-order valence-electron chi connectivity index (χ4n) is 4.40. The van der Waals surface area contributed by atoms with Crippen molar-refractivity contribution < 1.29 is 4.39 Å².